The van der Waals surface area contributed by atoms with E-state index < -0.39 is 0 Å². The minimum absolute atomic E-state index is 0.786. The quantitative estimate of drug-likeness (QED) is 0.845. The van der Waals surface area contributed by atoms with E-state index in [9.17, 15) is 0 Å². The molecule has 0 saturated heterocycles. The molecule has 0 atom stereocenters. The average Bonchev–Trinajstić information content (AvgIpc) is 3.14. The van der Waals surface area contributed by atoms with Crippen LogP contribution in [0.5, 0.6) is 0 Å². The second-order valence-electron chi connectivity index (χ2n) is 5.15. The van der Waals surface area contributed by atoms with E-state index in [4.69, 9.17) is 4.98 Å². The number of aromatic nitrogens is 2. The Balaban J connectivity index is 1.81. The second-order valence-corrected chi connectivity index (χ2v) is 5.15. The fourth-order valence-corrected chi connectivity index (χ4v) is 2.46. The first-order chi connectivity index (χ1) is 8.88. The van der Waals surface area contributed by atoms with Gasteiger partial charge in [0.05, 0.1) is 11.0 Å². The molecule has 0 aliphatic heterocycles. The van der Waals surface area contributed by atoms with Crippen LogP contribution in [0.4, 0.5) is 0 Å². The van der Waals surface area contributed by atoms with Crippen molar-refractivity contribution in [1.29, 1.82) is 0 Å². The van der Waals surface area contributed by atoms with Crippen LogP contribution in [-0.4, -0.2) is 22.1 Å². The van der Waals surface area contributed by atoms with Gasteiger partial charge in [0.25, 0.3) is 0 Å². The summed E-state index contributed by atoms with van der Waals surface area (Å²) in [6, 6.07) is 9.24. The first-order valence-corrected chi connectivity index (χ1v) is 7.06. The topological polar surface area (TPSA) is 29.9 Å². The third kappa shape index (κ3) is 2.41. The van der Waals surface area contributed by atoms with E-state index in [0.29, 0.717) is 0 Å². The molecular weight excluding hydrogens is 222 g/mol. The number of aryl methyl sites for hydroxylation is 1. The van der Waals surface area contributed by atoms with Gasteiger partial charge in [-0.3, -0.25) is 0 Å². The Morgan fingerprint density at radius 2 is 2.17 bits per heavy atom. The maximum Gasteiger partial charge on any atom is 0.111 e. The predicted molar refractivity (Wildman–Crippen MR) is 74.8 cm³/mol. The number of rotatable bonds is 6. The van der Waals surface area contributed by atoms with Crippen molar-refractivity contribution in [2.75, 3.05) is 6.54 Å². The van der Waals surface area contributed by atoms with Gasteiger partial charge in [-0.05, 0) is 31.4 Å². The fourth-order valence-electron chi connectivity index (χ4n) is 2.46. The van der Waals surface area contributed by atoms with Crippen LogP contribution in [0.2, 0.25) is 0 Å². The smallest absolute Gasteiger partial charge is 0.111 e. The van der Waals surface area contributed by atoms with Crippen LogP contribution in [0.15, 0.2) is 24.3 Å². The van der Waals surface area contributed by atoms with Gasteiger partial charge in [0.1, 0.15) is 5.82 Å². The summed E-state index contributed by atoms with van der Waals surface area (Å²) in [5.41, 5.74) is 2.41. The highest BCUT2D eigenvalue weighted by atomic mass is 15.1. The molecule has 18 heavy (non-hydrogen) atoms. The first kappa shape index (κ1) is 11.7. The van der Waals surface area contributed by atoms with Crippen molar-refractivity contribution in [2.45, 2.75) is 45.2 Å². The predicted octanol–water partition coefficient (Wildman–Crippen LogP) is 2.74. The van der Waals surface area contributed by atoms with Crippen LogP contribution < -0.4 is 5.32 Å². The molecule has 3 rings (SSSR count). The van der Waals surface area contributed by atoms with Crippen LogP contribution in [0.3, 0.4) is 0 Å². The van der Waals surface area contributed by atoms with Gasteiger partial charge in [0.15, 0.2) is 0 Å². The number of imidazole rings is 1. The van der Waals surface area contributed by atoms with Gasteiger partial charge in [-0.2, -0.15) is 0 Å². The van der Waals surface area contributed by atoms with E-state index in [1.54, 1.807) is 0 Å². The lowest BCUT2D eigenvalue weighted by atomic mass is 10.3. The highest BCUT2D eigenvalue weighted by Gasteiger charge is 2.20. The lowest BCUT2D eigenvalue weighted by molar-refractivity contribution is 0.615. The monoisotopic (exact) mass is 243 g/mol. The van der Waals surface area contributed by atoms with Crippen molar-refractivity contribution in [3.05, 3.63) is 30.1 Å². The van der Waals surface area contributed by atoms with Crippen molar-refractivity contribution >= 4 is 11.0 Å². The minimum atomic E-state index is 0.786. The van der Waals surface area contributed by atoms with Crippen molar-refractivity contribution in [2.24, 2.45) is 0 Å². The summed E-state index contributed by atoms with van der Waals surface area (Å²) in [5.74, 6) is 1.23. The van der Waals surface area contributed by atoms with Gasteiger partial charge in [-0.25, -0.2) is 4.98 Å². The van der Waals surface area contributed by atoms with Crippen LogP contribution in [0.1, 0.15) is 32.0 Å². The number of hydrogen-bond donors (Lipinski definition) is 1. The molecule has 1 saturated carbocycles. The molecule has 2 aromatic rings. The highest BCUT2D eigenvalue weighted by molar-refractivity contribution is 5.75. The molecule has 1 aromatic heterocycles. The molecule has 96 valence electrons. The van der Waals surface area contributed by atoms with Gasteiger partial charge in [0, 0.05) is 25.6 Å². The molecule has 1 fully saturated rings. The van der Waals surface area contributed by atoms with Gasteiger partial charge in [-0.15, -0.1) is 0 Å². The largest absolute Gasteiger partial charge is 0.328 e. The third-order valence-electron chi connectivity index (χ3n) is 3.54. The molecule has 1 aromatic carbocycles. The zero-order valence-corrected chi connectivity index (χ0v) is 11.0. The third-order valence-corrected chi connectivity index (χ3v) is 3.54. The minimum Gasteiger partial charge on any atom is -0.328 e. The summed E-state index contributed by atoms with van der Waals surface area (Å²) in [7, 11) is 0. The molecule has 1 aliphatic rings. The summed E-state index contributed by atoms with van der Waals surface area (Å²) in [6.45, 7) is 4.35. The van der Waals surface area contributed by atoms with E-state index >= 15 is 0 Å². The lowest BCUT2D eigenvalue weighted by Gasteiger charge is -2.08. The second kappa shape index (κ2) is 5.11. The molecule has 3 nitrogen and oxygen atoms in total. The Bertz CT molecular complexity index is 526. The zero-order valence-electron chi connectivity index (χ0n) is 11.0. The number of nitrogens with one attached hydrogen (secondary N) is 1. The van der Waals surface area contributed by atoms with E-state index in [1.165, 1.54) is 24.2 Å². The standard InChI is InChI=1S/C15H21N3/c1-2-11-18-14-6-4-3-5-13(14)17-15(18)9-10-16-12-7-8-12/h3-6,12,16H,2,7-11H2,1H3. The van der Waals surface area contributed by atoms with Crippen LogP contribution >= 0.6 is 0 Å². The van der Waals surface area contributed by atoms with Gasteiger partial charge in [-0.1, -0.05) is 19.1 Å². The van der Waals surface area contributed by atoms with E-state index in [1.807, 2.05) is 0 Å². The number of benzene rings is 1. The van der Waals surface area contributed by atoms with Crippen molar-refractivity contribution < 1.29 is 0 Å². The Kier molecular flexibility index (Phi) is 3.33. The molecule has 0 bridgehead atoms. The zero-order chi connectivity index (χ0) is 12.4. The Morgan fingerprint density at radius 3 is 2.94 bits per heavy atom. The molecule has 0 unspecified atom stereocenters. The molecular formula is C15H21N3. The van der Waals surface area contributed by atoms with Gasteiger partial charge >= 0.3 is 0 Å². The van der Waals surface area contributed by atoms with E-state index in [0.717, 1.165) is 37.5 Å². The number of fused-ring (bicyclic) bond motifs is 1. The Morgan fingerprint density at radius 1 is 1.33 bits per heavy atom. The molecule has 1 N–H and O–H groups in total. The van der Waals surface area contributed by atoms with Crippen molar-refractivity contribution in [1.82, 2.24) is 14.9 Å². The highest BCUT2D eigenvalue weighted by Crippen LogP contribution is 2.19. The average molecular weight is 243 g/mol. The molecule has 3 heteroatoms. The lowest BCUT2D eigenvalue weighted by Crippen LogP contribution is -2.20. The van der Waals surface area contributed by atoms with Crippen LogP contribution in [0.25, 0.3) is 11.0 Å². The SMILES string of the molecule is CCCn1c(CCNC2CC2)nc2ccccc21. The fraction of sp³-hybridized carbons (Fsp3) is 0.533. The molecule has 0 spiro atoms. The normalized spacial score (nSPS) is 15.4. The summed E-state index contributed by atoms with van der Waals surface area (Å²) in [5, 5.41) is 3.57. The summed E-state index contributed by atoms with van der Waals surface area (Å²) >= 11 is 0. The number of nitrogens with zero attached hydrogens (tertiary/aromatic N) is 2. The summed E-state index contributed by atoms with van der Waals surface area (Å²) < 4.78 is 2.38. The van der Waals surface area contributed by atoms with E-state index in [2.05, 4.69) is 41.1 Å². The van der Waals surface area contributed by atoms with Gasteiger partial charge < -0.3 is 9.88 Å². The van der Waals surface area contributed by atoms with E-state index in [-0.39, 0.29) is 0 Å². The molecule has 1 heterocycles. The Hall–Kier alpha value is -1.35. The number of para-hydroxylation sites is 2. The van der Waals surface area contributed by atoms with Crippen LogP contribution in [0, 0.1) is 0 Å². The molecule has 0 radical (unpaired) electrons. The van der Waals surface area contributed by atoms with Crippen molar-refractivity contribution in [3.8, 4) is 0 Å². The van der Waals surface area contributed by atoms with Crippen molar-refractivity contribution in [3.63, 3.8) is 0 Å². The first-order valence-electron chi connectivity index (χ1n) is 7.06. The number of hydrogen-bond acceptors (Lipinski definition) is 2. The Labute approximate surface area is 108 Å². The van der Waals surface area contributed by atoms with Crippen LogP contribution in [-0.2, 0) is 13.0 Å². The summed E-state index contributed by atoms with van der Waals surface area (Å²) in [6.07, 6.45) is 4.89. The molecule has 0 amide bonds. The maximum atomic E-state index is 4.77. The molecule has 1 aliphatic carbocycles. The van der Waals surface area contributed by atoms with Gasteiger partial charge in [0.2, 0.25) is 0 Å². The summed E-state index contributed by atoms with van der Waals surface area (Å²) in [4.78, 5) is 4.77. The maximum absolute atomic E-state index is 4.77.